The topological polar surface area (TPSA) is 66.2 Å². The largest absolute Gasteiger partial charge is 0.507 e. The molecule has 124 valence electrons. The lowest BCUT2D eigenvalue weighted by Crippen LogP contribution is -2.06. The molecule has 0 saturated carbocycles. The molecule has 2 N–H and O–H groups in total. The molecule has 2 aromatic rings. The summed E-state index contributed by atoms with van der Waals surface area (Å²) in [5.41, 5.74) is 0.530. The van der Waals surface area contributed by atoms with Gasteiger partial charge in [0.15, 0.2) is 0 Å². The van der Waals surface area contributed by atoms with E-state index in [0.29, 0.717) is 23.7 Å². The Hall–Kier alpha value is -2.15. The van der Waals surface area contributed by atoms with Gasteiger partial charge in [-0.05, 0) is 43.2 Å². The predicted molar refractivity (Wildman–Crippen MR) is 78.7 cm³/mol. The highest BCUT2D eigenvalue weighted by Gasteiger charge is 2.31. The molecule has 0 spiro atoms. The van der Waals surface area contributed by atoms with Crippen molar-refractivity contribution in [1.82, 2.24) is 10.2 Å². The summed E-state index contributed by atoms with van der Waals surface area (Å²) in [6.45, 7) is 3.63. The summed E-state index contributed by atoms with van der Waals surface area (Å²) in [5, 5.41) is 27.7. The number of nitrogens with zero attached hydrogens (tertiary/aromatic N) is 2. The van der Waals surface area contributed by atoms with Crippen LogP contribution in [0.4, 0.5) is 13.2 Å². The second-order valence-corrected chi connectivity index (χ2v) is 5.33. The molecule has 0 aliphatic rings. The van der Waals surface area contributed by atoms with Crippen LogP contribution in [0.25, 0.3) is 11.3 Å². The fraction of sp³-hybridized carbons (Fsp3) is 0.375. The van der Waals surface area contributed by atoms with E-state index in [9.17, 15) is 23.4 Å². The van der Waals surface area contributed by atoms with E-state index < -0.39 is 23.6 Å². The number of rotatable bonds is 4. The number of aromatic hydroxyl groups is 1. The lowest BCUT2D eigenvalue weighted by molar-refractivity contribution is -0.137. The van der Waals surface area contributed by atoms with Crippen molar-refractivity contribution in [2.24, 2.45) is 0 Å². The Morgan fingerprint density at radius 2 is 1.87 bits per heavy atom. The molecule has 0 fully saturated rings. The van der Waals surface area contributed by atoms with E-state index in [2.05, 4.69) is 10.2 Å². The first kappa shape index (κ1) is 17.2. The number of alkyl halides is 3. The van der Waals surface area contributed by atoms with Crippen LogP contribution in [-0.2, 0) is 6.18 Å². The van der Waals surface area contributed by atoms with Crippen LogP contribution in [0.1, 0.15) is 42.7 Å². The smallest absolute Gasteiger partial charge is 0.416 e. The van der Waals surface area contributed by atoms with Gasteiger partial charge in [0, 0.05) is 5.56 Å². The average Bonchev–Trinajstić information content (AvgIpc) is 2.47. The average molecular weight is 326 g/mol. The highest BCUT2D eigenvalue weighted by atomic mass is 19.4. The number of phenols is 1. The van der Waals surface area contributed by atoms with Gasteiger partial charge >= 0.3 is 6.18 Å². The van der Waals surface area contributed by atoms with Crippen LogP contribution in [0.3, 0.4) is 0 Å². The van der Waals surface area contributed by atoms with Gasteiger partial charge in [-0.15, -0.1) is 5.10 Å². The number of aliphatic hydroxyl groups is 1. The summed E-state index contributed by atoms with van der Waals surface area (Å²) < 4.78 is 37.9. The van der Waals surface area contributed by atoms with Crippen LogP contribution in [0, 0.1) is 6.92 Å². The maximum Gasteiger partial charge on any atom is 0.416 e. The number of benzene rings is 1. The number of hydrogen-bond acceptors (Lipinski definition) is 4. The van der Waals surface area contributed by atoms with Crippen molar-refractivity contribution >= 4 is 0 Å². The third-order valence-electron chi connectivity index (χ3n) is 3.49. The zero-order valence-corrected chi connectivity index (χ0v) is 12.7. The summed E-state index contributed by atoms with van der Waals surface area (Å²) >= 11 is 0. The molecular weight excluding hydrogens is 309 g/mol. The molecule has 23 heavy (non-hydrogen) atoms. The Bertz CT molecular complexity index is 702. The van der Waals surface area contributed by atoms with Crippen molar-refractivity contribution in [2.75, 3.05) is 0 Å². The van der Waals surface area contributed by atoms with Crippen molar-refractivity contribution in [3.8, 4) is 17.0 Å². The maximum absolute atomic E-state index is 12.6. The molecule has 0 aliphatic carbocycles. The summed E-state index contributed by atoms with van der Waals surface area (Å²) in [6, 6.07) is 4.34. The van der Waals surface area contributed by atoms with Crippen LogP contribution >= 0.6 is 0 Å². The van der Waals surface area contributed by atoms with Gasteiger partial charge in [0.05, 0.1) is 23.1 Å². The van der Waals surface area contributed by atoms with Crippen LogP contribution in [0.5, 0.6) is 5.75 Å². The Labute approximate surface area is 131 Å². The Morgan fingerprint density at radius 3 is 2.39 bits per heavy atom. The van der Waals surface area contributed by atoms with Gasteiger partial charge in [-0.1, -0.05) is 13.3 Å². The summed E-state index contributed by atoms with van der Waals surface area (Å²) in [7, 11) is 0. The molecule has 1 unspecified atom stereocenters. The highest BCUT2D eigenvalue weighted by molar-refractivity contribution is 5.69. The molecule has 1 aromatic carbocycles. The molecule has 0 amide bonds. The van der Waals surface area contributed by atoms with Gasteiger partial charge in [-0.3, -0.25) is 0 Å². The van der Waals surface area contributed by atoms with Crippen molar-refractivity contribution in [1.29, 1.82) is 0 Å². The first-order valence-electron chi connectivity index (χ1n) is 7.17. The third kappa shape index (κ3) is 3.79. The van der Waals surface area contributed by atoms with E-state index in [1.54, 1.807) is 13.0 Å². The normalized spacial score (nSPS) is 13.1. The van der Waals surface area contributed by atoms with E-state index >= 15 is 0 Å². The number of aromatic nitrogens is 2. The summed E-state index contributed by atoms with van der Waals surface area (Å²) in [4.78, 5) is 0. The van der Waals surface area contributed by atoms with Crippen molar-refractivity contribution in [3.05, 3.63) is 41.1 Å². The number of aliphatic hydroxyl groups excluding tert-OH is 1. The number of hydrogen-bond donors (Lipinski definition) is 2. The second kappa shape index (κ2) is 6.54. The maximum atomic E-state index is 12.6. The number of aryl methyl sites for hydroxylation is 1. The SMILES string of the molecule is CCCC(O)c1cc(C)c(-c2ccc(C(F)(F)F)cc2O)nn1. The van der Waals surface area contributed by atoms with E-state index in [4.69, 9.17) is 0 Å². The van der Waals surface area contributed by atoms with Crippen LogP contribution in [0.2, 0.25) is 0 Å². The zero-order valence-electron chi connectivity index (χ0n) is 12.7. The van der Waals surface area contributed by atoms with Crippen LogP contribution < -0.4 is 0 Å². The van der Waals surface area contributed by atoms with Crippen LogP contribution in [0.15, 0.2) is 24.3 Å². The van der Waals surface area contributed by atoms with Gasteiger partial charge < -0.3 is 10.2 Å². The minimum absolute atomic E-state index is 0.166. The molecule has 0 bridgehead atoms. The Kier molecular flexibility index (Phi) is 4.89. The van der Waals surface area contributed by atoms with E-state index in [-0.39, 0.29) is 11.3 Å². The lowest BCUT2D eigenvalue weighted by Gasteiger charge is -2.13. The minimum Gasteiger partial charge on any atom is -0.507 e. The minimum atomic E-state index is -4.52. The molecule has 4 nitrogen and oxygen atoms in total. The van der Waals surface area contributed by atoms with Crippen molar-refractivity contribution in [2.45, 2.75) is 39.0 Å². The fourth-order valence-electron chi connectivity index (χ4n) is 2.26. The molecule has 1 atom stereocenters. The Morgan fingerprint density at radius 1 is 1.17 bits per heavy atom. The first-order valence-corrected chi connectivity index (χ1v) is 7.17. The monoisotopic (exact) mass is 326 g/mol. The zero-order chi connectivity index (χ0) is 17.2. The standard InChI is InChI=1S/C16H17F3N2O2/c1-3-4-13(22)12-7-9(2)15(21-20-12)11-6-5-10(8-14(11)23)16(17,18)19/h5-8,13,22-23H,3-4H2,1-2H3. The van der Waals surface area contributed by atoms with Gasteiger partial charge in [-0.2, -0.15) is 18.3 Å². The van der Waals surface area contributed by atoms with Crippen molar-refractivity contribution in [3.63, 3.8) is 0 Å². The molecule has 0 saturated heterocycles. The molecule has 1 aromatic heterocycles. The van der Waals surface area contributed by atoms with E-state index in [1.165, 1.54) is 0 Å². The fourth-order valence-corrected chi connectivity index (χ4v) is 2.26. The molecule has 1 heterocycles. The van der Waals surface area contributed by atoms with Gasteiger partial charge in [0.25, 0.3) is 0 Å². The summed E-state index contributed by atoms with van der Waals surface area (Å²) in [5.74, 6) is -0.515. The van der Waals surface area contributed by atoms with Crippen LogP contribution in [-0.4, -0.2) is 20.4 Å². The van der Waals surface area contributed by atoms with Gasteiger partial charge in [-0.25, -0.2) is 0 Å². The van der Waals surface area contributed by atoms with Gasteiger partial charge in [0.2, 0.25) is 0 Å². The molecule has 7 heteroatoms. The van der Waals surface area contributed by atoms with Crippen molar-refractivity contribution < 1.29 is 23.4 Å². The molecule has 0 radical (unpaired) electrons. The summed E-state index contributed by atoms with van der Waals surface area (Å²) in [6.07, 6.45) is -3.94. The van der Waals surface area contributed by atoms with Gasteiger partial charge in [0.1, 0.15) is 5.75 Å². The first-order chi connectivity index (χ1) is 10.7. The molecule has 2 rings (SSSR count). The lowest BCUT2D eigenvalue weighted by atomic mass is 10.0. The molecule has 0 aliphatic heterocycles. The quantitative estimate of drug-likeness (QED) is 0.891. The predicted octanol–water partition coefficient (Wildman–Crippen LogP) is 4.01. The second-order valence-electron chi connectivity index (χ2n) is 5.33. The van der Waals surface area contributed by atoms with E-state index in [0.717, 1.165) is 18.6 Å². The van der Waals surface area contributed by atoms with E-state index in [1.807, 2.05) is 6.92 Å². The third-order valence-corrected chi connectivity index (χ3v) is 3.49. The molecular formula is C16H17F3N2O2. The number of phenolic OH excluding ortho intramolecular Hbond substituents is 1. The highest BCUT2D eigenvalue weighted by Crippen LogP contribution is 2.36. The Balaban J connectivity index is 2.39. The number of halogens is 3.